The van der Waals surface area contributed by atoms with Gasteiger partial charge in [0.25, 0.3) is 5.91 Å². The first-order valence-corrected chi connectivity index (χ1v) is 7.32. The van der Waals surface area contributed by atoms with Gasteiger partial charge in [-0.2, -0.15) is 0 Å². The minimum atomic E-state index is -0.379. The van der Waals surface area contributed by atoms with Gasteiger partial charge in [0.05, 0.1) is 18.0 Å². The third kappa shape index (κ3) is 5.00. The number of nitrogens with one attached hydrogen (secondary N) is 2. The van der Waals surface area contributed by atoms with Crippen LogP contribution in [0.15, 0.2) is 17.5 Å². The minimum Gasteiger partial charge on any atom is -0.345 e. The fourth-order valence-electron chi connectivity index (χ4n) is 1.58. The van der Waals surface area contributed by atoms with Crippen LogP contribution >= 0.6 is 11.3 Å². The molecule has 0 unspecified atom stereocenters. The first-order chi connectivity index (χ1) is 9.58. The molecule has 0 aromatic carbocycles. The summed E-state index contributed by atoms with van der Waals surface area (Å²) in [5.74, 6) is -0.798. The molecule has 1 aromatic rings. The second-order valence-corrected chi connectivity index (χ2v) is 4.95. The van der Waals surface area contributed by atoms with Crippen LogP contribution in [0, 0.1) is 0 Å². The molecule has 0 atom stereocenters. The van der Waals surface area contributed by atoms with E-state index in [4.69, 9.17) is 0 Å². The van der Waals surface area contributed by atoms with E-state index < -0.39 is 0 Å². The van der Waals surface area contributed by atoms with Crippen LogP contribution in [-0.4, -0.2) is 48.8 Å². The van der Waals surface area contributed by atoms with Crippen LogP contribution in [0.25, 0.3) is 0 Å². The predicted molar refractivity (Wildman–Crippen MR) is 77.6 cm³/mol. The van der Waals surface area contributed by atoms with Crippen LogP contribution in [-0.2, 0) is 9.59 Å². The maximum Gasteiger partial charge on any atom is 0.261 e. The SMILES string of the molecule is CCN(CC)C(=O)CNC(=O)CNC(=O)c1cccs1. The number of carbonyl (C=O) groups is 3. The zero-order valence-corrected chi connectivity index (χ0v) is 12.5. The van der Waals surface area contributed by atoms with Gasteiger partial charge in [-0.3, -0.25) is 14.4 Å². The number of hydrogen-bond acceptors (Lipinski definition) is 4. The summed E-state index contributed by atoms with van der Waals surface area (Å²) in [6.45, 7) is 4.80. The summed E-state index contributed by atoms with van der Waals surface area (Å²) in [6.07, 6.45) is 0. The second kappa shape index (κ2) is 8.31. The Balaban J connectivity index is 2.27. The first kappa shape index (κ1) is 16.2. The Morgan fingerprint density at radius 2 is 1.85 bits per heavy atom. The highest BCUT2D eigenvalue weighted by Crippen LogP contribution is 2.07. The quantitative estimate of drug-likeness (QED) is 0.767. The lowest BCUT2D eigenvalue weighted by atomic mass is 10.4. The molecule has 0 fully saturated rings. The standard InChI is InChI=1S/C13H19N3O3S/c1-3-16(4-2)12(18)9-14-11(17)8-15-13(19)10-6-5-7-20-10/h5-7H,3-4,8-9H2,1-2H3,(H,14,17)(H,15,19). The second-order valence-electron chi connectivity index (χ2n) is 4.00. The van der Waals surface area contributed by atoms with E-state index in [0.717, 1.165) is 0 Å². The van der Waals surface area contributed by atoms with E-state index in [9.17, 15) is 14.4 Å². The van der Waals surface area contributed by atoms with E-state index in [1.807, 2.05) is 13.8 Å². The summed E-state index contributed by atoms with van der Waals surface area (Å²) in [6, 6.07) is 3.45. The van der Waals surface area contributed by atoms with Crippen molar-refractivity contribution >= 4 is 29.1 Å². The zero-order chi connectivity index (χ0) is 15.0. The van der Waals surface area contributed by atoms with Gasteiger partial charge in [0.15, 0.2) is 0 Å². The molecule has 0 bridgehead atoms. The van der Waals surface area contributed by atoms with Crippen LogP contribution in [0.4, 0.5) is 0 Å². The molecule has 3 amide bonds. The topological polar surface area (TPSA) is 78.5 Å². The Kier molecular flexibility index (Phi) is 6.72. The maximum atomic E-state index is 11.7. The molecule has 1 heterocycles. The third-order valence-corrected chi connectivity index (χ3v) is 3.58. The normalized spacial score (nSPS) is 9.90. The van der Waals surface area contributed by atoms with Gasteiger partial charge in [-0.15, -0.1) is 11.3 Å². The molecule has 20 heavy (non-hydrogen) atoms. The Hall–Kier alpha value is -1.89. The number of thiophene rings is 1. The van der Waals surface area contributed by atoms with Gasteiger partial charge in [0.2, 0.25) is 11.8 Å². The van der Waals surface area contributed by atoms with Crippen molar-refractivity contribution in [3.8, 4) is 0 Å². The molecule has 6 nitrogen and oxygen atoms in total. The van der Waals surface area contributed by atoms with Crippen LogP contribution < -0.4 is 10.6 Å². The van der Waals surface area contributed by atoms with Gasteiger partial charge >= 0.3 is 0 Å². The molecule has 2 N–H and O–H groups in total. The van der Waals surface area contributed by atoms with Crippen molar-refractivity contribution in [3.63, 3.8) is 0 Å². The summed E-state index contributed by atoms with van der Waals surface area (Å²) in [7, 11) is 0. The van der Waals surface area contributed by atoms with E-state index in [1.165, 1.54) is 11.3 Å². The molecule has 0 radical (unpaired) electrons. The number of nitrogens with zero attached hydrogens (tertiary/aromatic N) is 1. The van der Waals surface area contributed by atoms with Crippen LogP contribution in [0.5, 0.6) is 0 Å². The van der Waals surface area contributed by atoms with Gasteiger partial charge in [-0.1, -0.05) is 6.07 Å². The van der Waals surface area contributed by atoms with Gasteiger partial charge in [-0.05, 0) is 25.3 Å². The van der Waals surface area contributed by atoms with Crippen LogP contribution in [0.1, 0.15) is 23.5 Å². The number of amides is 3. The number of hydrogen-bond donors (Lipinski definition) is 2. The van der Waals surface area contributed by atoms with E-state index >= 15 is 0 Å². The summed E-state index contributed by atoms with van der Waals surface area (Å²) >= 11 is 1.31. The van der Waals surface area contributed by atoms with Gasteiger partial charge < -0.3 is 15.5 Å². The molecule has 0 aliphatic carbocycles. The van der Waals surface area contributed by atoms with Gasteiger partial charge in [0.1, 0.15) is 0 Å². The molecule has 7 heteroatoms. The van der Waals surface area contributed by atoms with E-state index in [0.29, 0.717) is 18.0 Å². The maximum absolute atomic E-state index is 11.7. The van der Waals surface area contributed by atoms with E-state index in [-0.39, 0.29) is 30.8 Å². The molecule has 0 aliphatic rings. The van der Waals surface area contributed by atoms with Crippen LogP contribution in [0.2, 0.25) is 0 Å². The van der Waals surface area contributed by atoms with E-state index in [2.05, 4.69) is 10.6 Å². The Labute approximate surface area is 122 Å². The lowest BCUT2D eigenvalue weighted by Crippen LogP contribution is -2.43. The van der Waals surface area contributed by atoms with Crippen molar-refractivity contribution in [1.29, 1.82) is 0 Å². The number of likely N-dealkylation sites (N-methyl/N-ethyl adjacent to an activating group) is 1. The molecule has 1 aromatic heterocycles. The van der Waals surface area contributed by atoms with Crippen molar-refractivity contribution in [1.82, 2.24) is 15.5 Å². The highest BCUT2D eigenvalue weighted by atomic mass is 32.1. The summed E-state index contributed by atoms with van der Waals surface area (Å²) in [5.41, 5.74) is 0. The van der Waals surface area contributed by atoms with Crippen molar-refractivity contribution in [2.75, 3.05) is 26.2 Å². The molecule has 0 spiro atoms. The molecule has 110 valence electrons. The van der Waals surface area contributed by atoms with Crippen molar-refractivity contribution in [2.45, 2.75) is 13.8 Å². The van der Waals surface area contributed by atoms with Crippen LogP contribution in [0.3, 0.4) is 0 Å². The fourth-order valence-corrected chi connectivity index (χ4v) is 2.22. The Morgan fingerprint density at radius 3 is 2.40 bits per heavy atom. The Bertz CT molecular complexity index is 455. The van der Waals surface area contributed by atoms with Crippen molar-refractivity contribution < 1.29 is 14.4 Å². The first-order valence-electron chi connectivity index (χ1n) is 6.44. The highest BCUT2D eigenvalue weighted by molar-refractivity contribution is 7.12. The van der Waals surface area contributed by atoms with Crippen molar-refractivity contribution in [3.05, 3.63) is 22.4 Å². The number of carbonyl (C=O) groups excluding carboxylic acids is 3. The largest absolute Gasteiger partial charge is 0.345 e. The molecule has 0 aliphatic heterocycles. The minimum absolute atomic E-state index is 0.0462. The van der Waals surface area contributed by atoms with E-state index in [1.54, 1.807) is 22.4 Å². The average Bonchev–Trinajstić information content (AvgIpc) is 2.98. The summed E-state index contributed by atoms with van der Waals surface area (Å²) in [5, 5.41) is 6.78. The Morgan fingerprint density at radius 1 is 1.15 bits per heavy atom. The third-order valence-electron chi connectivity index (χ3n) is 2.71. The fraction of sp³-hybridized carbons (Fsp3) is 0.462. The van der Waals surface area contributed by atoms with Gasteiger partial charge in [0, 0.05) is 13.1 Å². The zero-order valence-electron chi connectivity index (χ0n) is 11.6. The molecule has 0 saturated heterocycles. The monoisotopic (exact) mass is 297 g/mol. The molecular formula is C13H19N3O3S. The number of rotatable bonds is 7. The molecular weight excluding hydrogens is 278 g/mol. The predicted octanol–water partition coefficient (Wildman–Crippen LogP) is 0.462. The van der Waals surface area contributed by atoms with Gasteiger partial charge in [-0.25, -0.2) is 0 Å². The smallest absolute Gasteiger partial charge is 0.261 e. The lowest BCUT2D eigenvalue weighted by molar-refractivity contribution is -0.132. The highest BCUT2D eigenvalue weighted by Gasteiger charge is 2.12. The average molecular weight is 297 g/mol. The molecule has 1 rings (SSSR count). The summed E-state index contributed by atoms with van der Waals surface area (Å²) in [4.78, 5) is 37.0. The van der Waals surface area contributed by atoms with Crippen molar-refractivity contribution in [2.24, 2.45) is 0 Å². The summed E-state index contributed by atoms with van der Waals surface area (Å²) < 4.78 is 0. The lowest BCUT2D eigenvalue weighted by Gasteiger charge is -2.18. The molecule has 0 saturated carbocycles.